The van der Waals surface area contributed by atoms with Gasteiger partial charge in [0.25, 0.3) is 0 Å². The van der Waals surface area contributed by atoms with Gasteiger partial charge in [0.15, 0.2) is 5.82 Å². The lowest BCUT2D eigenvalue weighted by atomic mass is 10.1. The molecule has 1 aliphatic heterocycles. The van der Waals surface area contributed by atoms with E-state index < -0.39 is 0 Å². The van der Waals surface area contributed by atoms with Crippen LogP contribution in [0.2, 0.25) is 10.0 Å². The van der Waals surface area contributed by atoms with Crippen LogP contribution in [0.5, 0.6) is 0 Å². The fourth-order valence-electron chi connectivity index (χ4n) is 2.92. The third-order valence-corrected chi connectivity index (χ3v) is 5.70. The van der Waals surface area contributed by atoms with E-state index in [1.54, 1.807) is 23.9 Å². The third kappa shape index (κ3) is 4.52. The van der Waals surface area contributed by atoms with Crippen LogP contribution < -0.4 is 16.0 Å². The maximum absolute atomic E-state index is 6.37. The first-order valence-electron chi connectivity index (χ1n) is 8.97. The first-order chi connectivity index (χ1) is 13.7. The highest BCUT2D eigenvalue weighted by molar-refractivity contribution is 8.02. The molecule has 2 aromatic carbocycles. The fourth-order valence-corrected chi connectivity index (χ4v) is 4.10. The molecular formula is C20H19Cl2N5S. The number of hydrogen-bond donors (Lipinski definition) is 3. The zero-order valence-corrected chi connectivity index (χ0v) is 17.3. The number of benzene rings is 2. The molecule has 0 radical (unpaired) electrons. The van der Waals surface area contributed by atoms with E-state index in [1.807, 2.05) is 41.9 Å². The van der Waals surface area contributed by atoms with Gasteiger partial charge in [0.05, 0.1) is 10.5 Å². The van der Waals surface area contributed by atoms with Crippen molar-refractivity contribution >= 4 is 51.7 Å². The van der Waals surface area contributed by atoms with Crippen molar-refractivity contribution in [1.82, 2.24) is 20.6 Å². The number of para-hydroxylation sites is 1. The van der Waals surface area contributed by atoms with E-state index in [1.165, 1.54) is 0 Å². The molecule has 4 rings (SSSR count). The van der Waals surface area contributed by atoms with Crippen molar-refractivity contribution in [1.29, 1.82) is 0 Å². The van der Waals surface area contributed by atoms with Crippen molar-refractivity contribution in [3.05, 3.63) is 64.1 Å². The number of fused-ring (bicyclic) bond motifs is 1. The average molecular weight is 432 g/mol. The number of halogens is 2. The highest BCUT2D eigenvalue weighted by atomic mass is 35.5. The molecule has 1 aromatic heterocycles. The second kappa shape index (κ2) is 9.01. The molecule has 0 saturated carbocycles. The molecule has 0 aliphatic carbocycles. The lowest BCUT2D eigenvalue weighted by Crippen LogP contribution is -2.35. The quantitative estimate of drug-likeness (QED) is 0.453. The Morgan fingerprint density at radius 1 is 1.07 bits per heavy atom. The maximum atomic E-state index is 6.37. The zero-order valence-electron chi connectivity index (χ0n) is 15.0. The van der Waals surface area contributed by atoms with E-state index in [9.17, 15) is 0 Å². The van der Waals surface area contributed by atoms with Gasteiger partial charge >= 0.3 is 0 Å². The van der Waals surface area contributed by atoms with Gasteiger partial charge in [0, 0.05) is 28.7 Å². The Labute approximate surface area is 177 Å². The maximum Gasteiger partial charge on any atom is 0.163 e. The SMILES string of the molecule is Clc1ccc(-c2nc(NCCCNC3NC=CS3)c3ccccc3n2)c(Cl)c1. The van der Waals surface area contributed by atoms with Crippen molar-refractivity contribution in [3.8, 4) is 11.4 Å². The van der Waals surface area contributed by atoms with Crippen LogP contribution >= 0.6 is 35.0 Å². The van der Waals surface area contributed by atoms with Gasteiger partial charge < -0.3 is 10.6 Å². The minimum atomic E-state index is 0.263. The highest BCUT2D eigenvalue weighted by Gasteiger charge is 2.12. The Morgan fingerprint density at radius 3 is 2.79 bits per heavy atom. The van der Waals surface area contributed by atoms with Gasteiger partial charge in [0.2, 0.25) is 0 Å². The van der Waals surface area contributed by atoms with E-state index in [-0.39, 0.29) is 5.50 Å². The van der Waals surface area contributed by atoms with Crippen LogP contribution in [0.25, 0.3) is 22.3 Å². The Kier molecular flexibility index (Phi) is 6.22. The topological polar surface area (TPSA) is 61.9 Å². The molecule has 28 heavy (non-hydrogen) atoms. The standard InChI is InChI=1S/C20H19Cl2N5S/c21-13-6-7-14(16(22)12-13)19-26-17-5-2-1-4-15(17)18(27-19)23-8-3-9-24-20-25-10-11-28-20/h1-2,4-7,10-12,20,24-25H,3,8-9H2,(H,23,26,27). The average Bonchev–Trinajstić information content (AvgIpc) is 3.21. The van der Waals surface area contributed by atoms with E-state index in [4.69, 9.17) is 28.2 Å². The summed E-state index contributed by atoms with van der Waals surface area (Å²) in [6.07, 6.45) is 2.92. The monoisotopic (exact) mass is 431 g/mol. The molecule has 0 saturated heterocycles. The van der Waals surface area contributed by atoms with Crippen molar-refractivity contribution in [3.63, 3.8) is 0 Å². The fraction of sp³-hybridized carbons (Fsp3) is 0.200. The summed E-state index contributed by atoms with van der Waals surface area (Å²) in [5.41, 5.74) is 1.90. The summed E-state index contributed by atoms with van der Waals surface area (Å²) in [6.45, 7) is 1.70. The summed E-state index contributed by atoms with van der Waals surface area (Å²) < 4.78 is 0. The lowest BCUT2D eigenvalue weighted by molar-refractivity contribution is 0.601. The predicted octanol–water partition coefficient (Wildman–Crippen LogP) is 5.09. The number of rotatable bonds is 7. The van der Waals surface area contributed by atoms with Gasteiger partial charge in [-0.05, 0) is 48.7 Å². The molecule has 1 aliphatic rings. The molecule has 3 aromatic rings. The largest absolute Gasteiger partial charge is 0.369 e. The van der Waals surface area contributed by atoms with E-state index >= 15 is 0 Å². The molecule has 3 N–H and O–H groups in total. The van der Waals surface area contributed by atoms with Gasteiger partial charge in [-0.15, -0.1) is 0 Å². The summed E-state index contributed by atoms with van der Waals surface area (Å²) in [5.74, 6) is 1.39. The molecule has 1 atom stereocenters. The van der Waals surface area contributed by atoms with Crippen LogP contribution in [-0.4, -0.2) is 28.6 Å². The summed E-state index contributed by atoms with van der Waals surface area (Å²) in [4.78, 5) is 9.42. The van der Waals surface area contributed by atoms with Gasteiger partial charge in [-0.2, -0.15) is 0 Å². The van der Waals surface area contributed by atoms with Crippen molar-refractivity contribution < 1.29 is 0 Å². The number of anilines is 1. The van der Waals surface area contributed by atoms with Crippen molar-refractivity contribution in [2.45, 2.75) is 11.9 Å². The normalized spacial score (nSPS) is 15.7. The predicted molar refractivity (Wildman–Crippen MR) is 120 cm³/mol. The number of aromatic nitrogens is 2. The molecule has 0 amide bonds. The molecule has 0 spiro atoms. The first kappa shape index (κ1) is 19.3. The van der Waals surface area contributed by atoms with Gasteiger partial charge in [-0.25, -0.2) is 9.97 Å². The summed E-state index contributed by atoms with van der Waals surface area (Å²) in [7, 11) is 0. The van der Waals surface area contributed by atoms with E-state index in [0.29, 0.717) is 15.9 Å². The van der Waals surface area contributed by atoms with Gasteiger partial charge in [-0.1, -0.05) is 47.1 Å². The molecule has 5 nitrogen and oxygen atoms in total. The molecule has 8 heteroatoms. The number of nitrogens with zero attached hydrogens (tertiary/aromatic N) is 2. The van der Waals surface area contributed by atoms with E-state index in [2.05, 4.69) is 20.9 Å². The molecule has 144 valence electrons. The number of nitrogens with one attached hydrogen (secondary N) is 3. The minimum Gasteiger partial charge on any atom is -0.369 e. The number of hydrogen-bond acceptors (Lipinski definition) is 6. The molecule has 1 unspecified atom stereocenters. The Balaban J connectivity index is 1.51. The van der Waals surface area contributed by atoms with Crippen molar-refractivity contribution in [2.24, 2.45) is 0 Å². The molecule has 2 heterocycles. The minimum absolute atomic E-state index is 0.263. The van der Waals surface area contributed by atoms with Gasteiger partial charge in [-0.3, -0.25) is 5.32 Å². The molecule has 0 fully saturated rings. The van der Waals surface area contributed by atoms with E-state index in [0.717, 1.165) is 41.8 Å². The smallest absolute Gasteiger partial charge is 0.163 e. The zero-order chi connectivity index (χ0) is 19.3. The third-order valence-electron chi connectivity index (χ3n) is 4.28. The van der Waals surface area contributed by atoms with Crippen LogP contribution in [0.15, 0.2) is 54.1 Å². The first-order valence-corrected chi connectivity index (χ1v) is 10.7. The highest BCUT2D eigenvalue weighted by Crippen LogP contribution is 2.31. The van der Waals surface area contributed by atoms with Crippen LogP contribution in [0.4, 0.5) is 5.82 Å². The summed E-state index contributed by atoms with van der Waals surface area (Å²) in [6, 6.07) is 13.3. The number of thioether (sulfide) groups is 1. The Bertz CT molecular complexity index is 1000. The lowest BCUT2D eigenvalue weighted by Gasteiger charge is -2.14. The molecular weight excluding hydrogens is 413 g/mol. The Hall–Kier alpha value is -1.99. The van der Waals surface area contributed by atoms with Crippen molar-refractivity contribution in [2.75, 3.05) is 18.4 Å². The van der Waals surface area contributed by atoms with Crippen LogP contribution in [-0.2, 0) is 0 Å². The second-order valence-corrected chi connectivity index (χ2v) is 8.12. The van der Waals surface area contributed by atoms with Crippen LogP contribution in [0.3, 0.4) is 0 Å². The van der Waals surface area contributed by atoms with Gasteiger partial charge in [0.1, 0.15) is 11.3 Å². The summed E-state index contributed by atoms with van der Waals surface area (Å²) in [5, 5.41) is 14.3. The summed E-state index contributed by atoms with van der Waals surface area (Å²) >= 11 is 14.1. The van der Waals surface area contributed by atoms with Crippen LogP contribution in [0.1, 0.15) is 6.42 Å². The van der Waals surface area contributed by atoms with Crippen LogP contribution in [0, 0.1) is 0 Å². The molecule has 0 bridgehead atoms. The second-order valence-electron chi connectivity index (χ2n) is 6.26. The Morgan fingerprint density at radius 2 is 1.96 bits per heavy atom.